The maximum atomic E-state index is 11.8. The minimum atomic E-state index is 0.0535. The van der Waals surface area contributed by atoms with Crippen LogP contribution in [0.3, 0.4) is 0 Å². The Kier molecular flexibility index (Phi) is 15.0. The highest BCUT2D eigenvalue weighted by Crippen LogP contribution is 2.28. The van der Waals surface area contributed by atoms with Crippen LogP contribution in [0.5, 0.6) is 0 Å². The van der Waals surface area contributed by atoms with E-state index in [9.17, 15) is 4.79 Å². The number of ether oxygens (including phenoxy) is 3. The zero-order valence-corrected chi connectivity index (χ0v) is 17.3. The van der Waals surface area contributed by atoms with Crippen LogP contribution in [-0.4, -0.2) is 81.7 Å². The summed E-state index contributed by atoms with van der Waals surface area (Å²) in [5, 5.41) is 6.64. The van der Waals surface area contributed by atoms with Gasteiger partial charge in [-0.15, -0.1) is 0 Å². The molecule has 1 aliphatic heterocycles. The average Bonchev–Trinajstić information content (AvgIpc) is 3.01. The number of unbranched alkanes of at least 4 members (excludes halogenated alkanes) is 1. The third-order valence-corrected chi connectivity index (χ3v) is 5.84. The predicted molar refractivity (Wildman–Crippen MR) is 110 cm³/mol. The van der Waals surface area contributed by atoms with Gasteiger partial charge in [0.15, 0.2) is 0 Å². The Morgan fingerprint density at radius 2 is 1.79 bits per heavy atom. The van der Waals surface area contributed by atoms with Crippen molar-refractivity contribution in [1.82, 2.24) is 5.32 Å². The number of carbonyl (C=O) groups is 1. The Bertz CT molecular complexity index is 467. The average molecular weight is 419 g/mol. The zero-order chi connectivity index (χ0) is 20.5. The van der Waals surface area contributed by atoms with Crippen molar-refractivity contribution in [3.63, 3.8) is 0 Å². The van der Waals surface area contributed by atoms with Crippen LogP contribution in [0.15, 0.2) is 5.11 Å². The van der Waals surface area contributed by atoms with Crippen LogP contribution in [0.4, 0.5) is 0 Å². The lowest BCUT2D eigenvalue weighted by Crippen LogP contribution is -2.43. The lowest BCUT2D eigenvalue weighted by molar-refractivity contribution is -0.121. The van der Waals surface area contributed by atoms with Crippen LogP contribution in [0.2, 0.25) is 0 Å². The van der Waals surface area contributed by atoms with Crippen LogP contribution < -0.4 is 16.8 Å². The summed E-state index contributed by atoms with van der Waals surface area (Å²) in [7, 11) is 0. The summed E-state index contributed by atoms with van der Waals surface area (Å²) in [6, 6.07) is 0.184. The monoisotopic (exact) mass is 418 g/mol. The number of thioether (sulfide) groups is 1. The van der Waals surface area contributed by atoms with E-state index in [1.165, 1.54) is 0 Å². The molecule has 0 bridgehead atoms. The van der Waals surface area contributed by atoms with Crippen molar-refractivity contribution in [3.8, 4) is 0 Å². The van der Waals surface area contributed by atoms with E-state index in [-0.39, 0.29) is 18.0 Å². The van der Waals surface area contributed by atoms with Gasteiger partial charge in [-0.25, -0.2) is 0 Å². The molecule has 0 unspecified atom stereocenters. The van der Waals surface area contributed by atoms with E-state index in [1.807, 2.05) is 11.8 Å². The van der Waals surface area contributed by atoms with Gasteiger partial charge >= 0.3 is 0 Å². The number of carbonyl (C=O) groups excluding carboxylic acids is 1. The first-order valence-corrected chi connectivity index (χ1v) is 10.8. The number of nitrogens with zero attached hydrogens (tertiary/aromatic N) is 3. The van der Waals surface area contributed by atoms with E-state index in [2.05, 4.69) is 15.3 Å². The number of hydrogen-bond acceptors (Lipinski definition) is 8. The molecular formula is C17H34N6O4S. The molecule has 1 rings (SSSR count). The number of nitrogens with two attached hydrogens (primary N) is 2. The Labute approximate surface area is 171 Å². The summed E-state index contributed by atoms with van der Waals surface area (Å²) in [5.74, 6) is 0.988. The minimum absolute atomic E-state index is 0.0535. The fraction of sp³-hybridized carbons (Fsp3) is 0.941. The van der Waals surface area contributed by atoms with Crippen molar-refractivity contribution in [3.05, 3.63) is 10.4 Å². The maximum absolute atomic E-state index is 11.8. The molecule has 1 aliphatic rings. The van der Waals surface area contributed by atoms with Crippen molar-refractivity contribution in [2.75, 3.05) is 58.5 Å². The molecule has 0 aromatic heterocycles. The van der Waals surface area contributed by atoms with Crippen molar-refractivity contribution < 1.29 is 19.0 Å². The fourth-order valence-electron chi connectivity index (χ4n) is 2.68. The standard InChI is InChI=1S/C17H34N6O4S/c18-14-13-28-15(17(14)19)3-1-2-4-16(24)21-5-7-25-9-11-27-12-10-26-8-6-22-23-20/h14-15,17H,1-13,18-19H2,(H,21,24)/t14-,15-,17-/m0/s1. The largest absolute Gasteiger partial charge is 0.379 e. The Balaban J connectivity index is 1.80. The highest BCUT2D eigenvalue weighted by atomic mass is 32.2. The smallest absolute Gasteiger partial charge is 0.220 e. The molecule has 1 fully saturated rings. The van der Waals surface area contributed by atoms with Gasteiger partial charge in [0.1, 0.15) is 0 Å². The van der Waals surface area contributed by atoms with Gasteiger partial charge < -0.3 is 31.0 Å². The third kappa shape index (κ3) is 12.4. The van der Waals surface area contributed by atoms with Gasteiger partial charge in [0.05, 0.1) is 39.6 Å². The molecule has 1 heterocycles. The van der Waals surface area contributed by atoms with Crippen LogP contribution in [0, 0.1) is 0 Å². The van der Waals surface area contributed by atoms with E-state index in [1.54, 1.807) is 0 Å². The predicted octanol–water partition coefficient (Wildman–Crippen LogP) is 0.793. The second-order valence-corrected chi connectivity index (χ2v) is 7.77. The molecule has 5 N–H and O–H groups in total. The van der Waals surface area contributed by atoms with E-state index in [0.29, 0.717) is 64.4 Å². The molecule has 3 atom stereocenters. The quantitative estimate of drug-likeness (QED) is 0.136. The van der Waals surface area contributed by atoms with Gasteiger partial charge in [0, 0.05) is 47.5 Å². The molecule has 0 radical (unpaired) electrons. The van der Waals surface area contributed by atoms with Gasteiger partial charge in [0.2, 0.25) is 5.91 Å². The molecular weight excluding hydrogens is 384 g/mol. The summed E-state index contributed by atoms with van der Waals surface area (Å²) in [5.41, 5.74) is 20.1. The SMILES string of the molecule is [N-]=[N+]=NCCOCCOCCOCCNC(=O)CCCC[C@@H]1SC[C@H](N)[C@@H]1N. The van der Waals surface area contributed by atoms with Crippen molar-refractivity contribution >= 4 is 17.7 Å². The highest BCUT2D eigenvalue weighted by Gasteiger charge is 2.30. The molecule has 1 saturated heterocycles. The van der Waals surface area contributed by atoms with Crippen LogP contribution in [-0.2, 0) is 19.0 Å². The zero-order valence-electron chi connectivity index (χ0n) is 16.5. The molecule has 1 amide bonds. The molecule has 0 spiro atoms. The third-order valence-electron chi connectivity index (χ3n) is 4.28. The normalized spacial score (nSPS) is 21.4. The molecule has 0 aromatic carbocycles. The van der Waals surface area contributed by atoms with Gasteiger partial charge in [0.25, 0.3) is 0 Å². The van der Waals surface area contributed by atoms with Crippen molar-refractivity contribution in [1.29, 1.82) is 0 Å². The highest BCUT2D eigenvalue weighted by molar-refractivity contribution is 8.00. The van der Waals surface area contributed by atoms with E-state index in [4.69, 9.17) is 31.2 Å². The molecule has 162 valence electrons. The summed E-state index contributed by atoms with van der Waals surface area (Å²) in [6.45, 7) is 3.54. The number of rotatable bonds is 17. The molecule has 0 aliphatic carbocycles. The van der Waals surface area contributed by atoms with Crippen LogP contribution in [0.1, 0.15) is 25.7 Å². The first kappa shape index (κ1) is 25.0. The van der Waals surface area contributed by atoms with Crippen LogP contribution in [0.25, 0.3) is 10.4 Å². The summed E-state index contributed by atoms with van der Waals surface area (Å²) >= 11 is 1.85. The number of nitrogens with one attached hydrogen (secondary N) is 1. The van der Waals surface area contributed by atoms with Gasteiger partial charge in [-0.3, -0.25) is 4.79 Å². The fourth-order valence-corrected chi connectivity index (χ4v) is 4.13. The molecule has 0 aromatic rings. The molecule has 11 heteroatoms. The van der Waals surface area contributed by atoms with E-state index in [0.717, 1.165) is 25.0 Å². The van der Waals surface area contributed by atoms with Gasteiger partial charge in [-0.1, -0.05) is 11.5 Å². The lowest BCUT2D eigenvalue weighted by Gasteiger charge is -2.16. The first-order valence-electron chi connectivity index (χ1n) is 9.78. The van der Waals surface area contributed by atoms with E-state index >= 15 is 0 Å². The lowest BCUT2D eigenvalue weighted by atomic mass is 10.0. The van der Waals surface area contributed by atoms with E-state index < -0.39 is 0 Å². The Hall–Kier alpha value is -1.07. The van der Waals surface area contributed by atoms with Gasteiger partial charge in [-0.05, 0) is 18.4 Å². The number of hydrogen-bond donors (Lipinski definition) is 3. The first-order chi connectivity index (χ1) is 13.6. The van der Waals surface area contributed by atoms with Crippen molar-refractivity contribution in [2.45, 2.75) is 43.0 Å². The number of azide groups is 1. The second kappa shape index (κ2) is 16.8. The van der Waals surface area contributed by atoms with Gasteiger partial charge in [-0.2, -0.15) is 11.8 Å². The Morgan fingerprint density at radius 1 is 1.11 bits per heavy atom. The second-order valence-electron chi connectivity index (χ2n) is 6.50. The minimum Gasteiger partial charge on any atom is -0.379 e. The van der Waals surface area contributed by atoms with Crippen molar-refractivity contribution in [2.24, 2.45) is 16.6 Å². The van der Waals surface area contributed by atoms with Crippen LogP contribution >= 0.6 is 11.8 Å². The summed E-state index contributed by atoms with van der Waals surface area (Å²) in [6.07, 6.45) is 3.41. The Morgan fingerprint density at radius 3 is 2.43 bits per heavy atom. The molecule has 0 saturated carbocycles. The summed E-state index contributed by atoms with van der Waals surface area (Å²) in [4.78, 5) is 14.4. The topological polar surface area (TPSA) is 158 Å². The maximum Gasteiger partial charge on any atom is 0.220 e. The molecule has 28 heavy (non-hydrogen) atoms. The number of amides is 1. The summed E-state index contributed by atoms with van der Waals surface area (Å²) < 4.78 is 15.9. The molecule has 10 nitrogen and oxygen atoms in total.